The van der Waals surface area contributed by atoms with Gasteiger partial charge in [-0.3, -0.25) is 9.78 Å². The first kappa shape index (κ1) is 13.2. The van der Waals surface area contributed by atoms with Crippen molar-refractivity contribution in [2.45, 2.75) is 32.7 Å². The van der Waals surface area contributed by atoms with Gasteiger partial charge in [0.2, 0.25) is 0 Å². The highest BCUT2D eigenvalue weighted by molar-refractivity contribution is 7.09. The van der Waals surface area contributed by atoms with E-state index in [1.807, 2.05) is 19.2 Å². The molecule has 0 aromatic carbocycles. The molecule has 0 bridgehead atoms. The SMILES string of the molecule is Cc1cnc(C(=O)N[C@H](c2nc(C)cs2)C2CC2)cn1. The Hall–Kier alpha value is -1.82. The number of carbonyl (C=O) groups excluding carboxylic acids is 1. The first-order chi connectivity index (χ1) is 9.63. The lowest BCUT2D eigenvalue weighted by atomic mass is 10.2. The highest BCUT2D eigenvalue weighted by Crippen LogP contribution is 2.41. The van der Waals surface area contributed by atoms with Crippen LogP contribution in [-0.2, 0) is 0 Å². The molecule has 0 spiro atoms. The number of aromatic nitrogens is 3. The predicted octanol–water partition coefficient (Wildman–Crippen LogP) is 2.43. The number of amides is 1. The molecular formula is C14H16N4OS. The number of hydrogen-bond donors (Lipinski definition) is 1. The Kier molecular flexibility index (Phi) is 3.48. The van der Waals surface area contributed by atoms with E-state index in [0.29, 0.717) is 11.6 Å². The fraction of sp³-hybridized carbons (Fsp3) is 0.429. The van der Waals surface area contributed by atoms with Crippen molar-refractivity contribution < 1.29 is 4.79 Å². The van der Waals surface area contributed by atoms with Gasteiger partial charge in [0.05, 0.1) is 17.9 Å². The van der Waals surface area contributed by atoms with Crippen LogP contribution >= 0.6 is 11.3 Å². The van der Waals surface area contributed by atoms with Gasteiger partial charge in [-0.1, -0.05) is 0 Å². The lowest BCUT2D eigenvalue weighted by Crippen LogP contribution is -2.30. The molecule has 1 fully saturated rings. The van der Waals surface area contributed by atoms with E-state index in [1.165, 1.54) is 6.20 Å². The molecule has 2 heterocycles. The molecule has 1 atom stereocenters. The zero-order valence-corrected chi connectivity index (χ0v) is 12.3. The van der Waals surface area contributed by atoms with E-state index in [0.717, 1.165) is 29.2 Å². The largest absolute Gasteiger partial charge is 0.341 e. The summed E-state index contributed by atoms with van der Waals surface area (Å²) in [6.07, 6.45) is 5.41. The average molecular weight is 288 g/mol. The van der Waals surface area contributed by atoms with Crippen LogP contribution in [-0.4, -0.2) is 20.9 Å². The molecule has 0 saturated heterocycles. The molecule has 0 unspecified atom stereocenters. The summed E-state index contributed by atoms with van der Waals surface area (Å²) < 4.78 is 0. The molecule has 2 aromatic rings. The summed E-state index contributed by atoms with van der Waals surface area (Å²) in [5.41, 5.74) is 2.16. The van der Waals surface area contributed by atoms with Gasteiger partial charge < -0.3 is 5.32 Å². The Labute approximate surface area is 121 Å². The minimum absolute atomic E-state index is 0.00398. The normalized spacial score (nSPS) is 15.9. The number of carbonyl (C=O) groups is 1. The molecule has 1 amide bonds. The van der Waals surface area contributed by atoms with E-state index < -0.39 is 0 Å². The molecule has 0 radical (unpaired) electrons. The van der Waals surface area contributed by atoms with E-state index in [4.69, 9.17) is 0 Å². The summed E-state index contributed by atoms with van der Waals surface area (Å²) in [4.78, 5) is 25.0. The molecule has 5 nitrogen and oxygen atoms in total. The number of nitrogens with zero attached hydrogens (tertiary/aromatic N) is 3. The van der Waals surface area contributed by atoms with Crippen LogP contribution in [0.1, 0.15) is 45.8 Å². The number of nitrogens with one attached hydrogen (secondary N) is 1. The molecule has 1 N–H and O–H groups in total. The predicted molar refractivity (Wildman–Crippen MR) is 76.6 cm³/mol. The van der Waals surface area contributed by atoms with Crippen LogP contribution < -0.4 is 5.32 Å². The topological polar surface area (TPSA) is 67.8 Å². The van der Waals surface area contributed by atoms with Crippen molar-refractivity contribution in [2.24, 2.45) is 5.92 Å². The Bertz CT molecular complexity index is 618. The molecule has 2 aromatic heterocycles. The first-order valence-electron chi connectivity index (χ1n) is 6.65. The maximum Gasteiger partial charge on any atom is 0.272 e. The van der Waals surface area contributed by atoms with Crippen molar-refractivity contribution in [3.63, 3.8) is 0 Å². The van der Waals surface area contributed by atoms with Crippen LogP contribution in [0.15, 0.2) is 17.8 Å². The second-order valence-electron chi connectivity index (χ2n) is 5.16. The summed E-state index contributed by atoms with van der Waals surface area (Å²) in [5, 5.41) is 6.05. The lowest BCUT2D eigenvalue weighted by molar-refractivity contribution is 0.0926. The monoisotopic (exact) mass is 288 g/mol. The van der Waals surface area contributed by atoms with Gasteiger partial charge in [0.1, 0.15) is 10.7 Å². The molecule has 104 valence electrons. The molecular weight excluding hydrogens is 272 g/mol. The molecule has 1 saturated carbocycles. The maximum atomic E-state index is 12.2. The molecule has 0 aliphatic heterocycles. The van der Waals surface area contributed by atoms with E-state index in [2.05, 4.69) is 20.3 Å². The van der Waals surface area contributed by atoms with Gasteiger partial charge in [0.25, 0.3) is 5.91 Å². The molecule has 20 heavy (non-hydrogen) atoms. The van der Waals surface area contributed by atoms with Crippen molar-refractivity contribution in [2.75, 3.05) is 0 Å². The van der Waals surface area contributed by atoms with E-state index in [1.54, 1.807) is 17.5 Å². The Balaban J connectivity index is 1.76. The van der Waals surface area contributed by atoms with Crippen LogP contribution in [0.2, 0.25) is 0 Å². The fourth-order valence-corrected chi connectivity index (χ4v) is 2.99. The molecule has 6 heteroatoms. The number of aryl methyl sites for hydroxylation is 2. The van der Waals surface area contributed by atoms with Gasteiger partial charge in [-0.15, -0.1) is 11.3 Å². The minimum Gasteiger partial charge on any atom is -0.341 e. The van der Waals surface area contributed by atoms with Crippen molar-refractivity contribution in [1.82, 2.24) is 20.3 Å². The smallest absolute Gasteiger partial charge is 0.272 e. The molecule has 1 aliphatic rings. The second-order valence-corrected chi connectivity index (χ2v) is 6.05. The minimum atomic E-state index is -0.178. The molecule has 3 rings (SSSR count). The van der Waals surface area contributed by atoms with Crippen LogP contribution in [0, 0.1) is 19.8 Å². The van der Waals surface area contributed by atoms with Crippen LogP contribution in [0.5, 0.6) is 0 Å². The maximum absolute atomic E-state index is 12.2. The van der Waals surface area contributed by atoms with Crippen molar-refractivity contribution in [3.8, 4) is 0 Å². The van der Waals surface area contributed by atoms with Crippen molar-refractivity contribution >= 4 is 17.2 Å². The number of hydrogen-bond acceptors (Lipinski definition) is 5. The lowest BCUT2D eigenvalue weighted by Gasteiger charge is -2.15. The van der Waals surface area contributed by atoms with Gasteiger partial charge in [-0.2, -0.15) is 0 Å². The summed E-state index contributed by atoms with van der Waals surface area (Å²) in [6.45, 7) is 3.82. The van der Waals surface area contributed by atoms with Gasteiger partial charge in [-0.05, 0) is 32.6 Å². The van der Waals surface area contributed by atoms with Gasteiger partial charge in [-0.25, -0.2) is 9.97 Å². The second kappa shape index (κ2) is 5.28. The third-order valence-electron chi connectivity index (χ3n) is 3.30. The van der Waals surface area contributed by atoms with Gasteiger partial charge in [0.15, 0.2) is 0 Å². The van der Waals surface area contributed by atoms with E-state index >= 15 is 0 Å². The zero-order chi connectivity index (χ0) is 14.1. The van der Waals surface area contributed by atoms with Gasteiger partial charge in [0, 0.05) is 17.3 Å². The summed E-state index contributed by atoms with van der Waals surface area (Å²) >= 11 is 1.60. The standard InChI is InChI=1S/C14H16N4OS/c1-8-5-16-11(6-15-8)13(19)18-12(10-3-4-10)14-17-9(2)7-20-14/h5-7,10,12H,3-4H2,1-2H3,(H,18,19)/t12-/m0/s1. The summed E-state index contributed by atoms with van der Waals surface area (Å²) in [7, 11) is 0. The quantitative estimate of drug-likeness (QED) is 0.938. The van der Waals surface area contributed by atoms with E-state index in [-0.39, 0.29) is 11.9 Å². The Morgan fingerprint density at radius 1 is 1.30 bits per heavy atom. The third-order valence-corrected chi connectivity index (χ3v) is 4.34. The Morgan fingerprint density at radius 2 is 2.10 bits per heavy atom. The van der Waals surface area contributed by atoms with Crippen LogP contribution in [0.3, 0.4) is 0 Å². The average Bonchev–Trinajstić information content (AvgIpc) is 3.18. The summed E-state index contributed by atoms with van der Waals surface area (Å²) in [6, 6.07) is 0.00398. The third kappa shape index (κ3) is 2.85. The highest BCUT2D eigenvalue weighted by atomic mass is 32.1. The van der Waals surface area contributed by atoms with E-state index in [9.17, 15) is 4.79 Å². The zero-order valence-electron chi connectivity index (χ0n) is 11.5. The first-order valence-corrected chi connectivity index (χ1v) is 7.53. The fourth-order valence-electron chi connectivity index (χ4n) is 2.05. The van der Waals surface area contributed by atoms with Gasteiger partial charge >= 0.3 is 0 Å². The summed E-state index contributed by atoms with van der Waals surface area (Å²) in [5.74, 6) is 0.324. The van der Waals surface area contributed by atoms with Crippen LogP contribution in [0.4, 0.5) is 0 Å². The molecule has 1 aliphatic carbocycles. The number of rotatable bonds is 4. The highest BCUT2D eigenvalue weighted by Gasteiger charge is 2.35. The van der Waals surface area contributed by atoms with Crippen molar-refractivity contribution in [1.29, 1.82) is 0 Å². The van der Waals surface area contributed by atoms with Crippen molar-refractivity contribution in [3.05, 3.63) is 39.9 Å². The number of thiazole rings is 1. The Morgan fingerprint density at radius 3 is 2.65 bits per heavy atom. The van der Waals surface area contributed by atoms with Crippen LogP contribution in [0.25, 0.3) is 0 Å².